The molecule has 2 aliphatic heterocycles. The molecule has 0 unspecified atom stereocenters. The molecule has 2 rings (SSSR count). The summed E-state index contributed by atoms with van der Waals surface area (Å²) in [6, 6.07) is 0.537. The smallest absolute Gasteiger partial charge is 0.134 e. The SMILES string of the molecule is C1=CC2C=CC=C[NH+]2C=C1.[O-][Cl+3]([O-])([O-])[O-]. The van der Waals surface area contributed by atoms with E-state index < -0.39 is 10.2 Å². The van der Waals surface area contributed by atoms with E-state index in [1.165, 1.54) is 4.90 Å². The van der Waals surface area contributed by atoms with Crippen LogP contribution in [0.1, 0.15) is 0 Å². The van der Waals surface area contributed by atoms with Crippen molar-refractivity contribution in [1.82, 2.24) is 0 Å². The highest BCUT2D eigenvalue weighted by molar-refractivity contribution is 5.17. The van der Waals surface area contributed by atoms with E-state index in [4.69, 9.17) is 18.6 Å². The molecule has 15 heavy (non-hydrogen) atoms. The minimum absolute atomic E-state index is 0.537. The molecule has 6 heteroatoms. The van der Waals surface area contributed by atoms with E-state index in [0.717, 1.165) is 0 Å². The van der Waals surface area contributed by atoms with Gasteiger partial charge in [0, 0.05) is 0 Å². The van der Waals surface area contributed by atoms with Crippen molar-refractivity contribution in [1.29, 1.82) is 0 Å². The largest absolute Gasteiger partial charge is 0.274 e. The monoisotopic (exact) mass is 231 g/mol. The van der Waals surface area contributed by atoms with E-state index >= 15 is 0 Å². The van der Waals surface area contributed by atoms with E-state index in [1.807, 2.05) is 0 Å². The zero-order valence-electron chi connectivity index (χ0n) is 7.71. The van der Waals surface area contributed by atoms with Crippen molar-refractivity contribution < 1.29 is 33.8 Å². The van der Waals surface area contributed by atoms with Crippen molar-refractivity contribution in [2.45, 2.75) is 6.04 Å². The summed E-state index contributed by atoms with van der Waals surface area (Å²) in [5.41, 5.74) is 0. The maximum Gasteiger partial charge on any atom is 0.134 e. The Morgan fingerprint density at radius 3 is 1.53 bits per heavy atom. The molecule has 0 amide bonds. The molecule has 0 aromatic heterocycles. The Morgan fingerprint density at radius 2 is 1.20 bits per heavy atom. The lowest BCUT2D eigenvalue weighted by atomic mass is 10.1. The first-order chi connectivity index (χ1) is 6.97. The number of hydrogen-bond acceptors (Lipinski definition) is 4. The summed E-state index contributed by atoms with van der Waals surface area (Å²) in [4.78, 5) is 1.39. The number of allylic oxidation sites excluding steroid dienone is 4. The van der Waals surface area contributed by atoms with Gasteiger partial charge in [-0.2, -0.15) is 0 Å². The Balaban J connectivity index is 0.000000195. The molecular weight excluding hydrogens is 222 g/mol. The van der Waals surface area contributed by atoms with E-state index in [2.05, 4.69) is 48.9 Å². The fourth-order valence-electron chi connectivity index (χ4n) is 1.27. The van der Waals surface area contributed by atoms with Gasteiger partial charge < -0.3 is 0 Å². The molecule has 2 aliphatic rings. The average Bonchev–Trinajstić information content (AvgIpc) is 2.16. The van der Waals surface area contributed by atoms with Gasteiger partial charge in [0.15, 0.2) is 0 Å². The summed E-state index contributed by atoms with van der Waals surface area (Å²) in [7, 11) is -4.94. The summed E-state index contributed by atoms with van der Waals surface area (Å²) < 4.78 is 34.0. The minimum Gasteiger partial charge on any atom is -0.274 e. The molecule has 0 atom stereocenters. The predicted molar refractivity (Wildman–Crippen MR) is 41.3 cm³/mol. The summed E-state index contributed by atoms with van der Waals surface area (Å²) in [5.74, 6) is 0. The average molecular weight is 232 g/mol. The predicted octanol–water partition coefficient (Wildman–Crippen LogP) is -4.35. The Bertz CT molecular complexity index is 261. The maximum atomic E-state index is 8.49. The first kappa shape index (κ1) is 12.1. The molecule has 0 aromatic rings. The van der Waals surface area contributed by atoms with Gasteiger partial charge in [-0.1, -0.05) is 12.2 Å². The summed E-state index contributed by atoms with van der Waals surface area (Å²) >= 11 is 0. The molecule has 0 aliphatic carbocycles. The van der Waals surface area contributed by atoms with Gasteiger partial charge in [-0.15, -0.1) is 10.2 Å². The fourth-order valence-corrected chi connectivity index (χ4v) is 1.27. The van der Waals surface area contributed by atoms with Crippen molar-refractivity contribution in [2.24, 2.45) is 0 Å². The lowest BCUT2D eigenvalue weighted by Gasteiger charge is -2.19. The first-order valence-electron chi connectivity index (χ1n) is 4.15. The van der Waals surface area contributed by atoms with Gasteiger partial charge in [0.05, 0.1) is 12.4 Å². The van der Waals surface area contributed by atoms with Gasteiger partial charge in [0.1, 0.15) is 6.04 Å². The van der Waals surface area contributed by atoms with Crippen LogP contribution in [0, 0.1) is 10.2 Å². The Morgan fingerprint density at radius 1 is 0.800 bits per heavy atom. The van der Waals surface area contributed by atoms with Crippen LogP contribution in [0.4, 0.5) is 0 Å². The standard InChI is InChI=1S/C9H9N.ClHO4/c1-3-7-10-8-4-2-6-9(10)5-1;2-1(3,4)5/h1-9H;(H,2,3,4,5). The molecule has 5 nitrogen and oxygen atoms in total. The van der Waals surface area contributed by atoms with Crippen molar-refractivity contribution in [3.8, 4) is 0 Å². The van der Waals surface area contributed by atoms with Gasteiger partial charge in [0.25, 0.3) is 0 Å². The van der Waals surface area contributed by atoms with Gasteiger partial charge in [-0.05, 0) is 24.3 Å². The molecule has 82 valence electrons. The van der Waals surface area contributed by atoms with Gasteiger partial charge >= 0.3 is 0 Å². The fraction of sp³-hybridized carbons (Fsp3) is 0.111. The van der Waals surface area contributed by atoms with Crippen LogP contribution in [0.5, 0.6) is 0 Å². The number of halogens is 1. The molecular formula is C9H10ClNO4. The summed E-state index contributed by atoms with van der Waals surface area (Å²) in [5, 5.41) is 0. The third kappa shape index (κ3) is 5.48. The van der Waals surface area contributed by atoms with Crippen LogP contribution in [0.25, 0.3) is 0 Å². The van der Waals surface area contributed by atoms with Crippen LogP contribution in [-0.2, 0) is 0 Å². The summed E-state index contributed by atoms with van der Waals surface area (Å²) in [6.07, 6.45) is 17.1. The zero-order chi connectivity index (χ0) is 11.3. The topological polar surface area (TPSA) is 96.7 Å². The van der Waals surface area contributed by atoms with Crippen molar-refractivity contribution in [3.63, 3.8) is 0 Å². The molecule has 2 heterocycles. The lowest BCUT2D eigenvalue weighted by Crippen LogP contribution is -3.07. The van der Waals surface area contributed by atoms with Crippen LogP contribution in [0.15, 0.2) is 48.9 Å². The molecule has 0 spiro atoms. The van der Waals surface area contributed by atoms with E-state index in [0.29, 0.717) is 6.04 Å². The van der Waals surface area contributed by atoms with Crippen LogP contribution in [-0.4, -0.2) is 6.04 Å². The van der Waals surface area contributed by atoms with Gasteiger partial charge in [-0.3, -0.25) is 4.90 Å². The van der Waals surface area contributed by atoms with Crippen molar-refractivity contribution >= 4 is 0 Å². The molecule has 0 fully saturated rings. The minimum atomic E-state index is -4.94. The number of hydrogen-bond donors (Lipinski definition) is 1. The molecule has 1 N–H and O–H groups in total. The second-order valence-electron chi connectivity index (χ2n) is 2.89. The summed E-state index contributed by atoms with van der Waals surface area (Å²) in [6.45, 7) is 0. The van der Waals surface area contributed by atoms with E-state index in [1.54, 1.807) is 0 Å². The normalized spacial score (nSPS) is 26.9. The molecule has 0 saturated heterocycles. The molecule has 0 radical (unpaired) electrons. The molecule has 0 bridgehead atoms. The third-order valence-electron chi connectivity index (χ3n) is 1.82. The highest BCUT2D eigenvalue weighted by Crippen LogP contribution is 1.95. The molecule has 0 saturated carbocycles. The van der Waals surface area contributed by atoms with Crippen LogP contribution in [0.2, 0.25) is 0 Å². The highest BCUT2D eigenvalue weighted by Gasteiger charge is 2.14. The number of nitrogens with one attached hydrogen (secondary N) is 1. The highest BCUT2D eigenvalue weighted by atomic mass is 35.7. The van der Waals surface area contributed by atoms with Gasteiger partial charge in [0.2, 0.25) is 0 Å². The van der Waals surface area contributed by atoms with Gasteiger partial charge in [-0.25, -0.2) is 18.6 Å². The molecule has 0 aromatic carbocycles. The van der Waals surface area contributed by atoms with Crippen LogP contribution in [0.3, 0.4) is 0 Å². The van der Waals surface area contributed by atoms with Crippen molar-refractivity contribution in [3.05, 3.63) is 48.9 Å². The van der Waals surface area contributed by atoms with E-state index in [9.17, 15) is 0 Å². The first-order valence-corrected chi connectivity index (χ1v) is 5.38. The van der Waals surface area contributed by atoms with E-state index in [-0.39, 0.29) is 0 Å². The van der Waals surface area contributed by atoms with Crippen molar-refractivity contribution in [2.75, 3.05) is 0 Å². The Labute approximate surface area is 89.3 Å². The van der Waals surface area contributed by atoms with Crippen LogP contribution >= 0.6 is 0 Å². The number of fused-ring (bicyclic) bond motifs is 1. The second kappa shape index (κ2) is 5.22. The number of quaternary nitrogens is 1. The number of rotatable bonds is 0. The Hall–Kier alpha value is -0.950. The third-order valence-corrected chi connectivity index (χ3v) is 1.82. The lowest BCUT2D eigenvalue weighted by molar-refractivity contribution is -2.00. The quantitative estimate of drug-likeness (QED) is 0.456. The maximum absolute atomic E-state index is 8.49. The second-order valence-corrected chi connectivity index (χ2v) is 3.65. The Kier molecular flexibility index (Phi) is 4.22. The van der Waals surface area contributed by atoms with Crippen LogP contribution < -0.4 is 23.5 Å². The zero-order valence-corrected chi connectivity index (χ0v) is 8.46.